The van der Waals surface area contributed by atoms with Crippen LogP contribution in [0.25, 0.3) is 0 Å². The summed E-state index contributed by atoms with van der Waals surface area (Å²) in [5, 5.41) is 3.48. The zero-order chi connectivity index (χ0) is 24.9. The van der Waals surface area contributed by atoms with Crippen LogP contribution in [0.4, 0.5) is 0 Å². The number of hydrogen-bond acceptors (Lipinski definition) is 5. The quantitative estimate of drug-likeness (QED) is 0.482. The molecule has 34 heavy (non-hydrogen) atoms. The van der Waals surface area contributed by atoms with Gasteiger partial charge in [-0.05, 0) is 81.3 Å². The molecular formula is C28H37NO4S. The minimum atomic E-state index is -0.860. The molecule has 4 rings (SSSR count). The fourth-order valence-corrected chi connectivity index (χ4v) is 5.91. The van der Waals surface area contributed by atoms with Crippen LogP contribution >= 0.6 is 12.2 Å². The van der Waals surface area contributed by atoms with E-state index in [1.54, 1.807) is 21.1 Å². The van der Waals surface area contributed by atoms with E-state index in [9.17, 15) is 4.79 Å². The zero-order valence-electron chi connectivity index (χ0n) is 21.2. The van der Waals surface area contributed by atoms with Gasteiger partial charge in [0.2, 0.25) is 0 Å². The van der Waals surface area contributed by atoms with Gasteiger partial charge >= 0.3 is 0 Å². The lowest BCUT2D eigenvalue weighted by atomic mass is 9.60. The van der Waals surface area contributed by atoms with Crippen molar-refractivity contribution in [3.05, 3.63) is 53.6 Å². The first-order chi connectivity index (χ1) is 16.3. The standard InChI is InChI=1S/C26H31NO4S.C2H6/c1-17(28)26(27-18(2)32)24-15-23(31-22-7-5-6-21(14-22)30-4)9-8-19(24)16-25(26)12-10-20(29-3)11-13-25;1-2/h5-9,14-15,20H,10-13,16H2,1-4H3,(H,27,32);1-2H3. The third kappa shape index (κ3) is 4.71. The molecule has 0 aromatic heterocycles. The first kappa shape index (κ1) is 26.2. The van der Waals surface area contributed by atoms with Gasteiger partial charge in [0.05, 0.1) is 18.2 Å². The highest BCUT2D eigenvalue weighted by Gasteiger charge is 2.61. The molecule has 1 spiro atoms. The van der Waals surface area contributed by atoms with E-state index in [2.05, 4.69) is 11.4 Å². The lowest BCUT2D eigenvalue weighted by Crippen LogP contribution is -2.60. The van der Waals surface area contributed by atoms with Gasteiger partial charge in [-0.3, -0.25) is 4.79 Å². The van der Waals surface area contributed by atoms with Crippen molar-refractivity contribution in [2.24, 2.45) is 5.41 Å². The summed E-state index contributed by atoms with van der Waals surface area (Å²) in [6, 6.07) is 13.6. The number of methoxy groups -OCH3 is 2. The van der Waals surface area contributed by atoms with E-state index in [0.29, 0.717) is 16.5 Å². The average molecular weight is 484 g/mol. The minimum absolute atomic E-state index is 0.0925. The molecule has 2 aromatic rings. The molecule has 2 aliphatic carbocycles. The molecule has 0 amide bonds. The summed E-state index contributed by atoms with van der Waals surface area (Å²) in [6.45, 7) is 7.53. The summed E-state index contributed by atoms with van der Waals surface area (Å²) in [5.74, 6) is 2.20. The second kappa shape index (κ2) is 10.9. The summed E-state index contributed by atoms with van der Waals surface area (Å²) < 4.78 is 17.1. The number of nitrogens with one attached hydrogen (secondary N) is 1. The highest BCUT2D eigenvalue weighted by atomic mass is 32.1. The predicted octanol–water partition coefficient (Wildman–Crippen LogP) is 6.37. The van der Waals surface area contributed by atoms with E-state index in [0.717, 1.165) is 43.4 Å². The van der Waals surface area contributed by atoms with Crippen LogP contribution in [0, 0.1) is 5.41 Å². The monoisotopic (exact) mass is 483 g/mol. The molecule has 0 heterocycles. The normalized spacial score (nSPS) is 25.1. The number of benzene rings is 2. The van der Waals surface area contributed by atoms with Crippen LogP contribution in [0.2, 0.25) is 0 Å². The second-order valence-electron chi connectivity index (χ2n) is 8.98. The number of hydrogen-bond donors (Lipinski definition) is 1. The Hall–Kier alpha value is -2.44. The Kier molecular flexibility index (Phi) is 8.37. The summed E-state index contributed by atoms with van der Waals surface area (Å²) in [5.41, 5.74) is 1.06. The van der Waals surface area contributed by atoms with E-state index in [1.807, 2.05) is 57.2 Å². The first-order valence-electron chi connectivity index (χ1n) is 12.1. The van der Waals surface area contributed by atoms with Crippen molar-refractivity contribution >= 4 is 23.0 Å². The molecule has 5 nitrogen and oxygen atoms in total. The molecule has 2 aromatic carbocycles. The van der Waals surface area contributed by atoms with E-state index < -0.39 is 5.54 Å². The maximum absolute atomic E-state index is 13.4. The van der Waals surface area contributed by atoms with Gasteiger partial charge in [0.1, 0.15) is 22.8 Å². The molecule has 1 unspecified atom stereocenters. The minimum Gasteiger partial charge on any atom is -0.497 e. The fraction of sp³-hybridized carbons (Fsp3) is 0.500. The third-order valence-electron chi connectivity index (χ3n) is 7.20. The number of ether oxygens (including phenoxy) is 3. The van der Waals surface area contributed by atoms with Crippen LogP contribution < -0.4 is 14.8 Å². The van der Waals surface area contributed by atoms with Crippen LogP contribution in [0.3, 0.4) is 0 Å². The SMILES string of the molecule is CC.COc1cccc(Oc2ccc3c(c2)C(NC(C)=S)(C(C)=O)C2(CCC(OC)CC2)C3)c1. The summed E-state index contributed by atoms with van der Waals surface area (Å²) in [6.07, 6.45) is 4.76. The maximum Gasteiger partial charge on any atom is 0.160 e. The van der Waals surface area contributed by atoms with Crippen molar-refractivity contribution in [3.63, 3.8) is 0 Å². The number of carbonyl (C=O) groups excluding carboxylic acids is 1. The van der Waals surface area contributed by atoms with Crippen LogP contribution in [0.15, 0.2) is 42.5 Å². The smallest absolute Gasteiger partial charge is 0.160 e. The van der Waals surface area contributed by atoms with E-state index in [1.165, 1.54) is 5.56 Å². The van der Waals surface area contributed by atoms with Gasteiger partial charge in [0.15, 0.2) is 5.78 Å². The molecule has 1 fully saturated rings. The van der Waals surface area contributed by atoms with Crippen molar-refractivity contribution < 1.29 is 19.0 Å². The predicted molar refractivity (Wildman–Crippen MR) is 140 cm³/mol. The fourth-order valence-electron chi connectivity index (χ4n) is 5.75. The number of Topliss-reactive ketones (excluding diaryl/α,β-unsaturated/α-hetero) is 1. The van der Waals surface area contributed by atoms with E-state index >= 15 is 0 Å². The van der Waals surface area contributed by atoms with Gasteiger partial charge < -0.3 is 19.5 Å². The Balaban J connectivity index is 0.00000158. The molecule has 0 radical (unpaired) electrons. The molecular weight excluding hydrogens is 446 g/mol. The summed E-state index contributed by atoms with van der Waals surface area (Å²) in [4.78, 5) is 14.1. The Morgan fingerprint density at radius 3 is 2.24 bits per heavy atom. The van der Waals surface area contributed by atoms with Crippen molar-refractivity contribution in [1.82, 2.24) is 5.32 Å². The molecule has 1 N–H and O–H groups in total. The van der Waals surface area contributed by atoms with Gasteiger partial charge in [0, 0.05) is 18.6 Å². The van der Waals surface area contributed by atoms with Crippen molar-refractivity contribution in [2.45, 2.75) is 71.4 Å². The number of ketones is 1. The summed E-state index contributed by atoms with van der Waals surface area (Å²) >= 11 is 5.48. The Bertz CT molecular complexity index is 1030. The molecule has 2 aliphatic rings. The molecule has 0 aliphatic heterocycles. The maximum atomic E-state index is 13.4. The Labute approximate surface area is 209 Å². The lowest BCUT2D eigenvalue weighted by Gasteiger charge is -2.49. The average Bonchev–Trinajstić information content (AvgIpc) is 3.10. The van der Waals surface area contributed by atoms with Crippen molar-refractivity contribution in [2.75, 3.05) is 14.2 Å². The van der Waals surface area contributed by atoms with Crippen LogP contribution in [-0.2, 0) is 21.5 Å². The topological polar surface area (TPSA) is 56.8 Å². The van der Waals surface area contributed by atoms with E-state index in [-0.39, 0.29) is 17.3 Å². The van der Waals surface area contributed by atoms with E-state index in [4.69, 9.17) is 26.4 Å². The van der Waals surface area contributed by atoms with Crippen LogP contribution in [0.5, 0.6) is 17.2 Å². The number of carbonyl (C=O) groups is 1. The first-order valence-corrected chi connectivity index (χ1v) is 12.5. The molecule has 0 bridgehead atoms. The molecule has 0 saturated heterocycles. The number of fused-ring (bicyclic) bond motifs is 1. The zero-order valence-corrected chi connectivity index (χ0v) is 22.0. The van der Waals surface area contributed by atoms with Gasteiger partial charge in [0.25, 0.3) is 0 Å². The molecule has 1 atom stereocenters. The molecule has 184 valence electrons. The van der Waals surface area contributed by atoms with Crippen LogP contribution in [-0.4, -0.2) is 31.1 Å². The number of rotatable bonds is 6. The number of thiocarbonyl (C=S) groups is 1. The Morgan fingerprint density at radius 1 is 1.00 bits per heavy atom. The van der Waals surface area contributed by atoms with Crippen molar-refractivity contribution in [3.8, 4) is 17.2 Å². The second-order valence-corrected chi connectivity index (χ2v) is 9.59. The Morgan fingerprint density at radius 2 is 1.65 bits per heavy atom. The highest BCUT2D eigenvalue weighted by molar-refractivity contribution is 7.80. The van der Waals surface area contributed by atoms with Gasteiger partial charge in [-0.15, -0.1) is 0 Å². The van der Waals surface area contributed by atoms with Gasteiger partial charge in [-0.1, -0.05) is 38.2 Å². The lowest BCUT2D eigenvalue weighted by molar-refractivity contribution is -0.130. The van der Waals surface area contributed by atoms with Gasteiger partial charge in [-0.2, -0.15) is 0 Å². The largest absolute Gasteiger partial charge is 0.497 e. The molecule has 1 saturated carbocycles. The van der Waals surface area contributed by atoms with Crippen molar-refractivity contribution in [1.29, 1.82) is 0 Å². The third-order valence-corrected chi connectivity index (χ3v) is 7.30. The van der Waals surface area contributed by atoms with Crippen LogP contribution in [0.1, 0.15) is 64.5 Å². The summed E-state index contributed by atoms with van der Waals surface area (Å²) in [7, 11) is 3.40. The molecule has 6 heteroatoms. The van der Waals surface area contributed by atoms with Gasteiger partial charge in [-0.25, -0.2) is 0 Å². The highest BCUT2D eigenvalue weighted by Crippen LogP contribution is 2.59.